The fraction of sp³-hybridized carbons (Fsp3) is 0.600. The van der Waals surface area contributed by atoms with Crippen LogP contribution in [0.25, 0.3) is 0 Å². The van der Waals surface area contributed by atoms with E-state index < -0.39 is 5.92 Å². The van der Waals surface area contributed by atoms with Gasteiger partial charge in [0.05, 0.1) is 5.92 Å². The van der Waals surface area contributed by atoms with Crippen molar-refractivity contribution >= 4 is 17.5 Å². The lowest BCUT2D eigenvalue weighted by Gasteiger charge is -2.45. The lowest BCUT2D eigenvalue weighted by molar-refractivity contribution is -0.134. The van der Waals surface area contributed by atoms with Gasteiger partial charge < -0.3 is 10.2 Å². The number of nitrogens with one attached hydrogen (secondary N) is 2. The number of rotatable bonds is 2. The standard InChI is InChI=1S/C20H26FN3O2/c21-17-3-1-14(13-16(17)15-2-4-18(25)23-19(15)26)24-11-7-20(8-12-24)5-9-22-10-6-20/h1,3,13,15,22H,2,4-12H2,(H,23,25,26). The second-order valence-corrected chi connectivity index (χ2v) is 7.95. The molecular formula is C20H26FN3O2. The fourth-order valence-electron chi connectivity index (χ4n) is 4.68. The topological polar surface area (TPSA) is 61.4 Å². The van der Waals surface area contributed by atoms with E-state index >= 15 is 0 Å². The molecule has 1 aromatic rings. The van der Waals surface area contributed by atoms with E-state index in [1.165, 1.54) is 31.7 Å². The van der Waals surface area contributed by atoms with Crippen LogP contribution in [0, 0.1) is 11.2 Å². The van der Waals surface area contributed by atoms with Crippen LogP contribution < -0.4 is 15.5 Å². The van der Waals surface area contributed by atoms with Crippen molar-refractivity contribution in [1.82, 2.24) is 10.6 Å². The summed E-state index contributed by atoms with van der Waals surface area (Å²) >= 11 is 0. The van der Waals surface area contributed by atoms with E-state index in [0.717, 1.165) is 31.9 Å². The molecule has 0 radical (unpaired) electrons. The summed E-state index contributed by atoms with van der Waals surface area (Å²) in [6, 6.07) is 5.09. The summed E-state index contributed by atoms with van der Waals surface area (Å²) in [5.74, 6) is -1.60. The molecule has 2 N–H and O–H groups in total. The summed E-state index contributed by atoms with van der Waals surface area (Å²) in [7, 11) is 0. The second-order valence-electron chi connectivity index (χ2n) is 7.95. The fourth-order valence-corrected chi connectivity index (χ4v) is 4.68. The summed E-state index contributed by atoms with van der Waals surface area (Å²) in [6.45, 7) is 4.16. The normalized spacial score (nSPS) is 26.0. The first kappa shape index (κ1) is 17.5. The molecule has 0 saturated carbocycles. The smallest absolute Gasteiger partial charge is 0.234 e. The monoisotopic (exact) mass is 359 g/mol. The molecule has 140 valence electrons. The van der Waals surface area contributed by atoms with Gasteiger partial charge in [-0.05, 0) is 68.8 Å². The zero-order chi connectivity index (χ0) is 18.1. The molecule has 1 atom stereocenters. The number of hydrogen-bond donors (Lipinski definition) is 2. The zero-order valence-electron chi connectivity index (χ0n) is 15.0. The number of nitrogens with zero attached hydrogens (tertiary/aromatic N) is 1. The van der Waals surface area contributed by atoms with Gasteiger partial charge in [-0.1, -0.05) is 0 Å². The Morgan fingerprint density at radius 2 is 1.81 bits per heavy atom. The summed E-state index contributed by atoms with van der Waals surface area (Å²) in [5.41, 5.74) is 1.86. The second kappa shape index (κ2) is 6.99. The molecule has 3 aliphatic rings. The van der Waals surface area contributed by atoms with Gasteiger partial charge in [-0.3, -0.25) is 14.9 Å². The van der Waals surface area contributed by atoms with E-state index in [-0.39, 0.29) is 24.1 Å². The molecule has 0 bridgehead atoms. The number of carbonyl (C=O) groups is 2. The van der Waals surface area contributed by atoms with Crippen molar-refractivity contribution in [3.05, 3.63) is 29.6 Å². The average Bonchev–Trinajstić information content (AvgIpc) is 2.64. The minimum Gasteiger partial charge on any atom is -0.371 e. The molecule has 3 aliphatic heterocycles. The molecule has 1 unspecified atom stereocenters. The highest BCUT2D eigenvalue weighted by molar-refractivity contribution is 6.01. The van der Waals surface area contributed by atoms with Crippen LogP contribution in [0.15, 0.2) is 18.2 Å². The Bertz CT molecular complexity index is 705. The molecule has 0 aromatic heterocycles. The summed E-state index contributed by atoms with van der Waals surface area (Å²) in [4.78, 5) is 25.8. The number of hydrogen-bond acceptors (Lipinski definition) is 4. The van der Waals surface area contributed by atoms with Crippen molar-refractivity contribution in [3.63, 3.8) is 0 Å². The SMILES string of the molecule is O=C1CCC(c2cc(N3CCC4(CCNCC4)CC3)ccc2F)C(=O)N1. The molecule has 3 heterocycles. The van der Waals surface area contributed by atoms with Crippen LogP contribution in [0.2, 0.25) is 0 Å². The molecule has 26 heavy (non-hydrogen) atoms. The van der Waals surface area contributed by atoms with Crippen LogP contribution in [0.3, 0.4) is 0 Å². The number of piperidine rings is 3. The minimum absolute atomic E-state index is 0.264. The Labute approximate surface area is 153 Å². The number of halogens is 1. The predicted octanol–water partition coefficient (Wildman–Crippen LogP) is 2.32. The third kappa shape index (κ3) is 3.34. The van der Waals surface area contributed by atoms with E-state index in [4.69, 9.17) is 0 Å². The third-order valence-electron chi connectivity index (χ3n) is 6.45. The van der Waals surface area contributed by atoms with Gasteiger partial charge in [-0.25, -0.2) is 4.39 Å². The van der Waals surface area contributed by atoms with E-state index in [2.05, 4.69) is 15.5 Å². The summed E-state index contributed by atoms with van der Waals surface area (Å²) < 4.78 is 14.4. The van der Waals surface area contributed by atoms with Crippen LogP contribution in [-0.2, 0) is 9.59 Å². The molecule has 3 fully saturated rings. The van der Waals surface area contributed by atoms with Crippen molar-refractivity contribution in [2.75, 3.05) is 31.1 Å². The van der Waals surface area contributed by atoms with Crippen molar-refractivity contribution in [2.45, 2.75) is 44.4 Å². The number of anilines is 1. The summed E-state index contributed by atoms with van der Waals surface area (Å²) in [5, 5.41) is 5.77. The lowest BCUT2D eigenvalue weighted by atomic mass is 9.71. The molecule has 3 saturated heterocycles. The molecular weight excluding hydrogens is 333 g/mol. The highest BCUT2D eigenvalue weighted by atomic mass is 19.1. The van der Waals surface area contributed by atoms with Crippen molar-refractivity contribution in [3.8, 4) is 0 Å². The van der Waals surface area contributed by atoms with Crippen molar-refractivity contribution < 1.29 is 14.0 Å². The zero-order valence-corrected chi connectivity index (χ0v) is 15.0. The van der Waals surface area contributed by atoms with Crippen molar-refractivity contribution in [2.24, 2.45) is 5.41 Å². The van der Waals surface area contributed by atoms with Crippen LogP contribution in [0.1, 0.15) is 50.0 Å². The van der Waals surface area contributed by atoms with Crippen LogP contribution in [-0.4, -0.2) is 38.0 Å². The largest absolute Gasteiger partial charge is 0.371 e. The molecule has 1 spiro atoms. The van der Waals surface area contributed by atoms with Gasteiger partial charge in [0.2, 0.25) is 11.8 Å². The Morgan fingerprint density at radius 3 is 2.50 bits per heavy atom. The molecule has 0 aliphatic carbocycles. The molecule has 4 rings (SSSR count). The van der Waals surface area contributed by atoms with Crippen molar-refractivity contribution in [1.29, 1.82) is 0 Å². The Kier molecular flexibility index (Phi) is 4.69. The maximum Gasteiger partial charge on any atom is 0.234 e. The van der Waals surface area contributed by atoms with Crippen LogP contribution in [0.4, 0.5) is 10.1 Å². The lowest BCUT2D eigenvalue weighted by Crippen LogP contribution is -2.45. The number of amides is 2. The Morgan fingerprint density at radius 1 is 1.08 bits per heavy atom. The average molecular weight is 359 g/mol. The molecule has 1 aromatic carbocycles. The molecule has 5 nitrogen and oxygen atoms in total. The van der Waals surface area contributed by atoms with Gasteiger partial charge in [-0.15, -0.1) is 0 Å². The maximum absolute atomic E-state index is 14.4. The van der Waals surface area contributed by atoms with Gasteiger partial charge in [0.1, 0.15) is 5.82 Å². The first-order valence-corrected chi connectivity index (χ1v) is 9.65. The van der Waals surface area contributed by atoms with E-state index in [1.807, 2.05) is 12.1 Å². The quantitative estimate of drug-likeness (QED) is 0.796. The number of imide groups is 1. The van der Waals surface area contributed by atoms with E-state index in [1.54, 1.807) is 0 Å². The van der Waals surface area contributed by atoms with Crippen LogP contribution in [0.5, 0.6) is 0 Å². The predicted molar refractivity (Wildman–Crippen MR) is 97.5 cm³/mol. The molecule has 6 heteroatoms. The summed E-state index contributed by atoms with van der Waals surface area (Å²) in [6.07, 6.45) is 5.46. The molecule has 2 amide bonds. The van der Waals surface area contributed by atoms with Gasteiger partial charge in [-0.2, -0.15) is 0 Å². The highest BCUT2D eigenvalue weighted by Crippen LogP contribution is 2.41. The third-order valence-corrected chi connectivity index (χ3v) is 6.45. The van der Waals surface area contributed by atoms with Gasteiger partial charge in [0.15, 0.2) is 0 Å². The van der Waals surface area contributed by atoms with E-state index in [9.17, 15) is 14.0 Å². The van der Waals surface area contributed by atoms with Gasteiger partial charge >= 0.3 is 0 Å². The Balaban J connectivity index is 1.50. The van der Waals surface area contributed by atoms with Gasteiger partial charge in [0, 0.05) is 30.8 Å². The van der Waals surface area contributed by atoms with Gasteiger partial charge in [0.25, 0.3) is 0 Å². The minimum atomic E-state index is -0.576. The number of benzene rings is 1. The highest BCUT2D eigenvalue weighted by Gasteiger charge is 2.36. The van der Waals surface area contributed by atoms with Crippen LogP contribution >= 0.6 is 0 Å². The Hall–Kier alpha value is -1.95. The van der Waals surface area contributed by atoms with E-state index in [0.29, 0.717) is 17.4 Å². The number of carbonyl (C=O) groups excluding carboxylic acids is 2. The maximum atomic E-state index is 14.4. The first-order valence-electron chi connectivity index (χ1n) is 9.65. The first-order chi connectivity index (χ1) is 12.6.